The molecule has 32 heavy (non-hydrogen) atoms. The highest BCUT2D eigenvalue weighted by atomic mass is 28.4. The van der Waals surface area contributed by atoms with E-state index in [1.165, 1.54) is 0 Å². The molecule has 0 saturated heterocycles. The Labute approximate surface area is 193 Å². The molecule has 0 bridgehead atoms. The average Bonchev–Trinajstić information content (AvgIpc) is 2.66. The van der Waals surface area contributed by atoms with Crippen molar-refractivity contribution in [3.63, 3.8) is 0 Å². The molecule has 0 aromatic heterocycles. The summed E-state index contributed by atoms with van der Waals surface area (Å²) in [5, 5.41) is 13.0. The summed E-state index contributed by atoms with van der Waals surface area (Å²) in [6, 6.07) is 9.97. The number of alkyl carbamates (subject to hydrolysis) is 1. The van der Waals surface area contributed by atoms with Crippen LogP contribution in [0, 0.1) is 0 Å². The molecule has 0 saturated carbocycles. The largest absolute Gasteiger partial charge is 0.480 e. The second-order valence-corrected chi connectivity index (χ2v) is 15.4. The summed E-state index contributed by atoms with van der Waals surface area (Å²) in [6.07, 6.45) is 3.54. The van der Waals surface area contributed by atoms with Crippen molar-refractivity contribution >= 4 is 20.0 Å². The SMILES string of the molecule is CC(C)(C)OC(=O)N/C=C(\O)O[C@@H]1C(c2ccccc2)=CCC[C@@H]1O[Si](C)(C)C(C)(C)C. The number of carbonyl (C=O) groups is 1. The summed E-state index contributed by atoms with van der Waals surface area (Å²) in [5.74, 6) is -0.395. The average molecular weight is 462 g/mol. The molecule has 178 valence electrons. The lowest BCUT2D eigenvalue weighted by atomic mass is 9.89. The van der Waals surface area contributed by atoms with Crippen LogP contribution in [0.1, 0.15) is 59.9 Å². The van der Waals surface area contributed by atoms with Crippen molar-refractivity contribution in [2.45, 2.75) is 90.3 Å². The Balaban J connectivity index is 2.27. The van der Waals surface area contributed by atoms with Gasteiger partial charge in [0.15, 0.2) is 14.4 Å². The Bertz CT molecular complexity index is 834. The second-order valence-electron chi connectivity index (χ2n) is 10.7. The number of nitrogens with one attached hydrogen (secondary N) is 1. The van der Waals surface area contributed by atoms with E-state index >= 15 is 0 Å². The van der Waals surface area contributed by atoms with Gasteiger partial charge in [0.2, 0.25) is 0 Å². The van der Waals surface area contributed by atoms with E-state index in [1.54, 1.807) is 20.8 Å². The highest BCUT2D eigenvalue weighted by Crippen LogP contribution is 2.41. The third kappa shape index (κ3) is 7.41. The van der Waals surface area contributed by atoms with Crippen LogP contribution < -0.4 is 5.32 Å². The van der Waals surface area contributed by atoms with Crippen LogP contribution in [-0.2, 0) is 13.9 Å². The summed E-state index contributed by atoms with van der Waals surface area (Å²) in [5.41, 5.74) is 1.36. The molecule has 2 atom stereocenters. The molecule has 2 N–H and O–H groups in total. The molecule has 0 radical (unpaired) electrons. The fourth-order valence-electron chi connectivity index (χ4n) is 3.19. The third-order valence-electron chi connectivity index (χ3n) is 5.78. The molecule has 1 aromatic carbocycles. The van der Waals surface area contributed by atoms with Crippen LogP contribution in [0.15, 0.2) is 48.6 Å². The first-order chi connectivity index (χ1) is 14.7. The van der Waals surface area contributed by atoms with Gasteiger partial charge in [-0.3, -0.25) is 5.32 Å². The summed E-state index contributed by atoms with van der Waals surface area (Å²) >= 11 is 0. The van der Waals surface area contributed by atoms with Crippen LogP contribution in [0.3, 0.4) is 0 Å². The van der Waals surface area contributed by atoms with Crippen LogP contribution in [0.2, 0.25) is 18.1 Å². The van der Waals surface area contributed by atoms with Gasteiger partial charge in [-0.25, -0.2) is 4.79 Å². The van der Waals surface area contributed by atoms with Crippen LogP contribution >= 0.6 is 0 Å². The summed E-state index contributed by atoms with van der Waals surface area (Å²) in [4.78, 5) is 11.9. The number of amides is 1. The predicted molar refractivity (Wildman–Crippen MR) is 131 cm³/mol. The molecule has 0 spiro atoms. The van der Waals surface area contributed by atoms with Gasteiger partial charge in [0.1, 0.15) is 5.60 Å². The first-order valence-corrected chi connectivity index (χ1v) is 14.1. The molecule has 0 aliphatic heterocycles. The molecule has 2 rings (SSSR count). The smallest absolute Gasteiger partial charge is 0.411 e. The number of carbonyl (C=O) groups excluding carboxylic acids is 1. The van der Waals surface area contributed by atoms with Gasteiger partial charge in [-0.05, 0) is 62.9 Å². The molecule has 6 nitrogen and oxygen atoms in total. The number of rotatable bonds is 6. The first kappa shape index (κ1) is 26.0. The number of hydrogen-bond donors (Lipinski definition) is 2. The zero-order chi connectivity index (χ0) is 24.2. The van der Waals surface area contributed by atoms with Crippen LogP contribution in [-0.4, -0.2) is 37.3 Å². The predicted octanol–water partition coefficient (Wildman–Crippen LogP) is 6.52. The van der Waals surface area contributed by atoms with Gasteiger partial charge in [0.25, 0.3) is 5.95 Å². The first-order valence-electron chi connectivity index (χ1n) is 11.2. The molecule has 0 unspecified atom stereocenters. The maximum absolute atomic E-state index is 11.9. The zero-order valence-corrected chi connectivity index (χ0v) is 21.7. The van der Waals surface area contributed by atoms with Crippen molar-refractivity contribution in [1.82, 2.24) is 5.32 Å². The van der Waals surface area contributed by atoms with Crippen molar-refractivity contribution < 1.29 is 23.8 Å². The van der Waals surface area contributed by atoms with Gasteiger partial charge in [0, 0.05) is 0 Å². The molecule has 0 fully saturated rings. The molecular formula is C25H39NO5Si. The fourth-order valence-corrected chi connectivity index (χ4v) is 4.54. The lowest BCUT2D eigenvalue weighted by Crippen LogP contribution is -2.48. The molecular weight excluding hydrogens is 422 g/mol. The van der Waals surface area contributed by atoms with E-state index in [4.69, 9.17) is 13.9 Å². The number of aliphatic hydroxyl groups is 1. The van der Waals surface area contributed by atoms with Gasteiger partial charge in [0.05, 0.1) is 12.3 Å². The maximum Gasteiger partial charge on any atom is 0.411 e. The van der Waals surface area contributed by atoms with Crippen LogP contribution in [0.4, 0.5) is 4.79 Å². The Morgan fingerprint density at radius 3 is 2.31 bits per heavy atom. The molecule has 1 aromatic rings. The minimum atomic E-state index is -2.08. The standard InChI is InChI=1S/C25H39NO5Si/c1-24(2,3)30-23(28)26-17-21(27)29-22-19(18-13-10-9-11-14-18)15-12-16-20(22)31-32(7,8)25(4,5)6/h9-11,13-15,17,20,22,27H,12,16H2,1-8H3,(H,26,28)/b21-17+/t20-,22+/m0/s1. The van der Waals surface area contributed by atoms with Crippen molar-refractivity contribution in [3.05, 3.63) is 54.1 Å². The Morgan fingerprint density at radius 1 is 1.12 bits per heavy atom. The van der Waals surface area contributed by atoms with Crippen LogP contribution in [0.5, 0.6) is 0 Å². The second kappa shape index (κ2) is 10.1. The lowest BCUT2D eigenvalue weighted by molar-refractivity contribution is -0.0142. The van der Waals surface area contributed by atoms with Crippen LogP contribution in [0.25, 0.3) is 5.57 Å². The van der Waals surface area contributed by atoms with E-state index in [-0.39, 0.29) is 11.1 Å². The van der Waals surface area contributed by atoms with E-state index in [2.05, 4.69) is 45.3 Å². The lowest BCUT2D eigenvalue weighted by Gasteiger charge is -2.42. The van der Waals surface area contributed by atoms with E-state index in [1.807, 2.05) is 30.3 Å². The maximum atomic E-state index is 11.9. The number of allylic oxidation sites excluding steroid dienone is 1. The Hall–Kier alpha value is -2.25. The summed E-state index contributed by atoms with van der Waals surface area (Å²) in [7, 11) is -2.08. The topological polar surface area (TPSA) is 77.0 Å². The van der Waals surface area contributed by atoms with E-state index < -0.39 is 32.1 Å². The number of hydrogen-bond acceptors (Lipinski definition) is 5. The normalized spacial score (nSPS) is 20.4. The van der Waals surface area contributed by atoms with Gasteiger partial charge < -0.3 is 19.0 Å². The summed E-state index contributed by atoms with van der Waals surface area (Å²) in [6.45, 7) is 16.3. The van der Waals surface area contributed by atoms with E-state index in [9.17, 15) is 9.90 Å². The third-order valence-corrected chi connectivity index (χ3v) is 10.3. The van der Waals surface area contributed by atoms with Crippen molar-refractivity contribution in [2.75, 3.05) is 0 Å². The quantitative estimate of drug-likeness (QED) is 0.372. The minimum absolute atomic E-state index is 0.0434. The molecule has 1 aliphatic carbocycles. The Morgan fingerprint density at radius 2 is 1.75 bits per heavy atom. The van der Waals surface area contributed by atoms with E-state index in [0.717, 1.165) is 30.2 Å². The monoisotopic (exact) mass is 461 g/mol. The summed E-state index contributed by atoms with van der Waals surface area (Å²) < 4.78 is 17.9. The number of ether oxygens (including phenoxy) is 2. The molecule has 7 heteroatoms. The van der Waals surface area contributed by atoms with Crippen molar-refractivity contribution in [1.29, 1.82) is 0 Å². The fraction of sp³-hybridized carbons (Fsp3) is 0.560. The van der Waals surface area contributed by atoms with E-state index in [0.29, 0.717) is 0 Å². The number of benzene rings is 1. The molecule has 1 aliphatic rings. The zero-order valence-electron chi connectivity index (χ0n) is 20.7. The molecule has 0 heterocycles. The van der Waals surface area contributed by atoms with Gasteiger partial charge in [-0.2, -0.15) is 0 Å². The molecule has 1 amide bonds. The highest BCUT2D eigenvalue weighted by molar-refractivity contribution is 6.74. The van der Waals surface area contributed by atoms with Gasteiger partial charge >= 0.3 is 6.09 Å². The minimum Gasteiger partial charge on any atom is -0.480 e. The Kier molecular flexibility index (Phi) is 8.23. The van der Waals surface area contributed by atoms with Crippen molar-refractivity contribution in [3.8, 4) is 0 Å². The van der Waals surface area contributed by atoms with Gasteiger partial charge in [-0.1, -0.05) is 57.2 Å². The number of aliphatic hydroxyl groups excluding tert-OH is 1. The highest BCUT2D eigenvalue weighted by Gasteiger charge is 2.43. The van der Waals surface area contributed by atoms with Gasteiger partial charge in [-0.15, -0.1) is 0 Å². The van der Waals surface area contributed by atoms with Crippen molar-refractivity contribution in [2.24, 2.45) is 0 Å².